The lowest BCUT2D eigenvalue weighted by atomic mass is 9.93. The number of likely N-dealkylation sites (N-methyl/N-ethyl adjacent to an activating group) is 1. The van der Waals surface area contributed by atoms with Gasteiger partial charge in [0, 0.05) is 25.2 Å². The predicted octanol–water partition coefficient (Wildman–Crippen LogP) is 1.98. The van der Waals surface area contributed by atoms with E-state index in [-0.39, 0.29) is 5.54 Å². The highest BCUT2D eigenvalue weighted by atomic mass is 16.5. The van der Waals surface area contributed by atoms with Crippen molar-refractivity contribution in [2.45, 2.75) is 43.7 Å². The SMILES string of the molecule is CN(CC1CCCCO1)C1(CN)Cc2ccccc2C1. The molecule has 1 fully saturated rings. The summed E-state index contributed by atoms with van der Waals surface area (Å²) in [6.45, 7) is 2.64. The van der Waals surface area contributed by atoms with Crippen molar-refractivity contribution in [1.29, 1.82) is 0 Å². The molecule has 1 atom stereocenters. The average Bonchev–Trinajstić information content (AvgIpc) is 2.88. The second-order valence-corrected chi connectivity index (χ2v) is 6.42. The zero-order valence-electron chi connectivity index (χ0n) is 12.5. The highest BCUT2D eigenvalue weighted by Gasteiger charge is 2.40. The van der Waals surface area contributed by atoms with Gasteiger partial charge < -0.3 is 10.5 Å². The Balaban J connectivity index is 1.70. The lowest BCUT2D eigenvalue weighted by Gasteiger charge is -2.40. The van der Waals surface area contributed by atoms with E-state index in [0.717, 1.165) is 26.0 Å². The molecule has 0 amide bonds. The van der Waals surface area contributed by atoms with Crippen LogP contribution in [-0.2, 0) is 17.6 Å². The highest BCUT2D eigenvalue weighted by molar-refractivity contribution is 5.36. The number of hydrogen-bond acceptors (Lipinski definition) is 3. The van der Waals surface area contributed by atoms with Crippen LogP contribution in [0.5, 0.6) is 0 Å². The summed E-state index contributed by atoms with van der Waals surface area (Å²) < 4.78 is 5.89. The van der Waals surface area contributed by atoms with Crippen LogP contribution in [0.1, 0.15) is 30.4 Å². The third-order valence-corrected chi connectivity index (χ3v) is 5.10. The molecular formula is C17H26N2O. The van der Waals surface area contributed by atoms with Crippen LogP contribution in [0.25, 0.3) is 0 Å². The van der Waals surface area contributed by atoms with Gasteiger partial charge in [-0.2, -0.15) is 0 Å². The summed E-state index contributed by atoms with van der Waals surface area (Å²) in [6.07, 6.45) is 6.24. The van der Waals surface area contributed by atoms with Crippen LogP contribution in [0.3, 0.4) is 0 Å². The summed E-state index contributed by atoms with van der Waals surface area (Å²) in [4.78, 5) is 2.46. The number of nitrogens with two attached hydrogens (primary N) is 1. The van der Waals surface area contributed by atoms with E-state index in [1.54, 1.807) is 0 Å². The Kier molecular flexibility index (Phi) is 4.11. The largest absolute Gasteiger partial charge is 0.377 e. The van der Waals surface area contributed by atoms with Crippen molar-refractivity contribution >= 4 is 0 Å². The van der Waals surface area contributed by atoms with Crippen LogP contribution in [-0.4, -0.2) is 43.3 Å². The van der Waals surface area contributed by atoms with Crippen molar-refractivity contribution in [3.05, 3.63) is 35.4 Å². The smallest absolute Gasteiger partial charge is 0.0702 e. The highest BCUT2D eigenvalue weighted by Crippen LogP contribution is 2.34. The standard InChI is InChI=1S/C17H26N2O/c1-19(12-16-8-4-5-9-20-16)17(13-18)10-14-6-2-3-7-15(14)11-17/h2-3,6-7,16H,4-5,8-13,18H2,1H3. The molecule has 3 rings (SSSR count). The fraction of sp³-hybridized carbons (Fsp3) is 0.647. The zero-order valence-corrected chi connectivity index (χ0v) is 12.5. The molecule has 1 aliphatic carbocycles. The molecule has 1 unspecified atom stereocenters. The first kappa shape index (κ1) is 14.1. The lowest BCUT2D eigenvalue weighted by molar-refractivity contribution is -0.0210. The lowest BCUT2D eigenvalue weighted by Crippen LogP contribution is -2.55. The summed E-state index contributed by atoms with van der Waals surface area (Å²) in [5.74, 6) is 0. The van der Waals surface area contributed by atoms with Crippen molar-refractivity contribution in [3.8, 4) is 0 Å². The summed E-state index contributed by atoms with van der Waals surface area (Å²) in [6, 6.07) is 8.76. The molecule has 3 nitrogen and oxygen atoms in total. The minimum atomic E-state index is 0.0878. The van der Waals surface area contributed by atoms with E-state index in [0.29, 0.717) is 12.6 Å². The van der Waals surface area contributed by atoms with E-state index in [1.165, 1.54) is 30.4 Å². The molecule has 2 aliphatic rings. The molecule has 2 N–H and O–H groups in total. The molecule has 0 aromatic heterocycles. The van der Waals surface area contributed by atoms with Crippen LogP contribution in [0.15, 0.2) is 24.3 Å². The van der Waals surface area contributed by atoms with Gasteiger partial charge in [0.25, 0.3) is 0 Å². The number of fused-ring (bicyclic) bond motifs is 1. The van der Waals surface area contributed by atoms with E-state index in [9.17, 15) is 0 Å². The van der Waals surface area contributed by atoms with E-state index in [1.807, 2.05) is 0 Å². The molecule has 20 heavy (non-hydrogen) atoms. The van der Waals surface area contributed by atoms with Gasteiger partial charge in [-0.15, -0.1) is 0 Å². The summed E-state index contributed by atoms with van der Waals surface area (Å²) in [5, 5.41) is 0. The fourth-order valence-electron chi connectivity index (χ4n) is 3.69. The second-order valence-electron chi connectivity index (χ2n) is 6.42. The van der Waals surface area contributed by atoms with Crippen LogP contribution in [0.2, 0.25) is 0 Å². The molecule has 110 valence electrons. The van der Waals surface area contributed by atoms with Gasteiger partial charge in [0.05, 0.1) is 6.10 Å². The quantitative estimate of drug-likeness (QED) is 0.912. The number of ether oxygens (including phenoxy) is 1. The minimum absolute atomic E-state index is 0.0878. The van der Waals surface area contributed by atoms with E-state index < -0.39 is 0 Å². The average molecular weight is 274 g/mol. The summed E-state index contributed by atoms with van der Waals surface area (Å²) >= 11 is 0. The van der Waals surface area contributed by atoms with Gasteiger partial charge in [0.15, 0.2) is 0 Å². The summed E-state index contributed by atoms with van der Waals surface area (Å²) in [7, 11) is 2.22. The molecule has 0 spiro atoms. The van der Waals surface area contributed by atoms with Crippen LogP contribution in [0, 0.1) is 0 Å². The molecular weight excluding hydrogens is 248 g/mol. The Morgan fingerprint density at radius 1 is 1.25 bits per heavy atom. The Morgan fingerprint density at radius 3 is 2.50 bits per heavy atom. The molecule has 0 saturated carbocycles. The van der Waals surface area contributed by atoms with Gasteiger partial charge in [-0.3, -0.25) is 4.90 Å². The maximum Gasteiger partial charge on any atom is 0.0702 e. The first-order chi connectivity index (χ1) is 9.73. The maximum atomic E-state index is 6.17. The van der Waals surface area contributed by atoms with E-state index in [2.05, 4.69) is 36.2 Å². The molecule has 0 radical (unpaired) electrons. The monoisotopic (exact) mass is 274 g/mol. The number of benzene rings is 1. The van der Waals surface area contributed by atoms with Gasteiger partial charge in [-0.05, 0) is 50.3 Å². The third-order valence-electron chi connectivity index (χ3n) is 5.10. The normalized spacial score (nSPS) is 24.9. The maximum absolute atomic E-state index is 6.17. The second kappa shape index (κ2) is 5.84. The van der Waals surface area contributed by atoms with Crippen molar-refractivity contribution in [3.63, 3.8) is 0 Å². The number of nitrogens with zero attached hydrogens (tertiary/aromatic N) is 1. The van der Waals surface area contributed by atoms with E-state index >= 15 is 0 Å². The first-order valence-electron chi connectivity index (χ1n) is 7.83. The minimum Gasteiger partial charge on any atom is -0.377 e. The molecule has 1 aliphatic heterocycles. The fourth-order valence-corrected chi connectivity index (χ4v) is 3.69. The van der Waals surface area contributed by atoms with Crippen molar-refractivity contribution in [1.82, 2.24) is 4.90 Å². The topological polar surface area (TPSA) is 38.5 Å². The van der Waals surface area contributed by atoms with Gasteiger partial charge >= 0.3 is 0 Å². The summed E-state index contributed by atoms with van der Waals surface area (Å²) in [5.41, 5.74) is 9.19. The van der Waals surface area contributed by atoms with Gasteiger partial charge in [0.2, 0.25) is 0 Å². The van der Waals surface area contributed by atoms with Crippen LogP contribution < -0.4 is 5.73 Å². The van der Waals surface area contributed by atoms with Crippen molar-refractivity contribution in [2.75, 3.05) is 26.7 Å². The molecule has 1 heterocycles. The number of hydrogen-bond donors (Lipinski definition) is 1. The predicted molar refractivity (Wildman–Crippen MR) is 81.9 cm³/mol. The van der Waals surface area contributed by atoms with Crippen molar-refractivity contribution in [2.24, 2.45) is 5.73 Å². The van der Waals surface area contributed by atoms with Crippen LogP contribution in [0.4, 0.5) is 0 Å². The van der Waals surface area contributed by atoms with Gasteiger partial charge in [-0.25, -0.2) is 0 Å². The zero-order chi connectivity index (χ0) is 14.0. The number of rotatable bonds is 4. The Hall–Kier alpha value is -0.900. The molecule has 3 heteroatoms. The molecule has 1 saturated heterocycles. The van der Waals surface area contributed by atoms with Gasteiger partial charge in [0.1, 0.15) is 0 Å². The van der Waals surface area contributed by atoms with Crippen molar-refractivity contribution < 1.29 is 4.74 Å². The Bertz CT molecular complexity index is 429. The Labute approximate surface area is 122 Å². The van der Waals surface area contributed by atoms with Crippen LogP contribution >= 0.6 is 0 Å². The van der Waals surface area contributed by atoms with E-state index in [4.69, 9.17) is 10.5 Å². The molecule has 0 bridgehead atoms. The molecule has 1 aromatic rings. The van der Waals surface area contributed by atoms with Gasteiger partial charge in [-0.1, -0.05) is 24.3 Å². The molecule has 1 aromatic carbocycles. The first-order valence-corrected chi connectivity index (χ1v) is 7.83. The Morgan fingerprint density at radius 2 is 1.95 bits per heavy atom. The third kappa shape index (κ3) is 2.62.